The molecular formula is C12H14N2O. The number of hydrogen-bond donors (Lipinski definition) is 1. The van der Waals surface area contributed by atoms with E-state index in [4.69, 9.17) is 5.73 Å². The molecule has 0 atom stereocenters. The Balaban J connectivity index is 2.21. The quantitative estimate of drug-likeness (QED) is 0.646. The zero-order chi connectivity index (χ0) is 10.6. The Labute approximate surface area is 88.9 Å². The maximum absolute atomic E-state index is 12.0. The number of amides is 1. The number of nitrogen functional groups attached to an aromatic ring is 1. The minimum absolute atomic E-state index is 0.106. The average Bonchev–Trinajstić information content (AvgIpc) is 2.95. The normalized spacial score (nSPS) is 21.7. The Morgan fingerprint density at radius 2 is 2.13 bits per heavy atom. The third kappa shape index (κ3) is 1.09. The van der Waals surface area contributed by atoms with Crippen LogP contribution in [-0.2, 0) is 5.41 Å². The van der Waals surface area contributed by atoms with Crippen LogP contribution >= 0.6 is 0 Å². The van der Waals surface area contributed by atoms with E-state index in [0.29, 0.717) is 5.69 Å². The monoisotopic (exact) mass is 202 g/mol. The summed E-state index contributed by atoms with van der Waals surface area (Å²) in [5, 5.41) is 0. The summed E-state index contributed by atoms with van der Waals surface area (Å²) in [6.45, 7) is 0.864. The molecule has 1 aliphatic carbocycles. The van der Waals surface area contributed by atoms with Crippen LogP contribution in [0.1, 0.15) is 28.8 Å². The van der Waals surface area contributed by atoms with Crippen LogP contribution in [0.2, 0.25) is 0 Å². The van der Waals surface area contributed by atoms with Crippen LogP contribution in [0.15, 0.2) is 18.2 Å². The van der Waals surface area contributed by atoms with Crippen LogP contribution in [0, 0.1) is 0 Å². The third-order valence-electron chi connectivity index (χ3n) is 3.59. The van der Waals surface area contributed by atoms with Gasteiger partial charge in [0.2, 0.25) is 0 Å². The summed E-state index contributed by atoms with van der Waals surface area (Å²) in [4.78, 5) is 13.8. The molecule has 0 bridgehead atoms. The summed E-state index contributed by atoms with van der Waals surface area (Å²) >= 11 is 0. The number of carbonyl (C=O) groups excluding carboxylic acids is 1. The Bertz CT molecular complexity index is 449. The number of benzene rings is 1. The van der Waals surface area contributed by atoms with Crippen molar-refractivity contribution in [2.45, 2.75) is 18.3 Å². The summed E-state index contributed by atoms with van der Waals surface area (Å²) in [5.74, 6) is 0.106. The van der Waals surface area contributed by atoms with Crippen molar-refractivity contribution in [2.75, 3.05) is 19.3 Å². The molecule has 1 amide bonds. The first-order valence-corrected chi connectivity index (χ1v) is 5.28. The number of fused-ring (bicyclic) bond motifs is 2. The van der Waals surface area contributed by atoms with Crippen LogP contribution in [0.4, 0.5) is 5.69 Å². The number of rotatable bonds is 0. The maximum atomic E-state index is 12.0. The number of carbonyl (C=O) groups is 1. The molecule has 2 N–H and O–H groups in total. The molecule has 0 radical (unpaired) electrons. The van der Waals surface area contributed by atoms with Crippen molar-refractivity contribution in [3.63, 3.8) is 0 Å². The highest BCUT2D eigenvalue weighted by Gasteiger charge is 2.50. The van der Waals surface area contributed by atoms with E-state index < -0.39 is 0 Å². The zero-order valence-electron chi connectivity index (χ0n) is 8.79. The molecule has 78 valence electrons. The van der Waals surface area contributed by atoms with Gasteiger partial charge < -0.3 is 10.6 Å². The molecule has 3 heteroatoms. The molecule has 2 aliphatic rings. The molecule has 1 aromatic rings. The Kier molecular flexibility index (Phi) is 1.48. The fourth-order valence-corrected chi connectivity index (χ4v) is 2.60. The van der Waals surface area contributed by atoms with Crippen LogP contribution in [0.25, 0.3) is 0 Å². The van der Waals surface area contributed by atoms with Crippen molar-refractivity contribution in [1.29, 1.82) is 0 Å². The van der Waals surface area contributed by atoms with Gasteiger partial charge in [-0.05, 0) is 30.5 Å². The first kappa shape index (κ1) is 8.77. The van der Waals surface area contributed by atoms with Gasteiger partial charge in [0.05, 0.1) is 0 Å². The SMILES string of the molecule is CN1CC2(CC2)c2ccc(N)cc2C1=O. The highest BCUT2D eigenvalue weighted by Crippen LogP contribution is 2.52. The van der Waals surface area contributed by atoms with Crippen LogP contribution < -0.4 is 5.73 Å². The first-order chi connectivity index (χ1) is 7.12. The van der Waals surface area contributed by atoms with Crippen molar-refractivity contribution in [3.8, 4) is 0 Å². The predicted molar refractivity (Wildman–Crippen MR) is 58.7 cm³/mol. The summed E-state index contributed by atoms with van der Waals surface area (Å²) < 4.78 is 0. The lowest BCUT2D eigenvalue weighted by molar-refractivity contribution is 0.0758. The lowest BCUT2D eigenvalue weighted by Gasteiger charge is -2.32. The van der Waals surface area contributed by atoms with Crippen molar-refractivity contribution in [2.24, 2.45) is 0 Å². The molecular weight excluding hydrogens is 188 g/mol. The van der Waals surface area contributed by atoms with Crippen molar-refractivity contribution >= 4 is 11.6 Å². The van der Waals surface area contributed by atoms with Gasteiger partial charge >= 0.3 is 0 Å². The molecule has 1 spiro atoms. The van der Waals surface area contributed by atoms with Gasteiger partial charge in [0, 0.05) is 30.3 Å². The lowest BCUT2D eigenvalue weighted by Crippen LogP contribution is -2.40. The minimum Gasteiger partial charge on any atom is -0.399 e. The van der Waals surface area contributed by atoms with E-state index in [1.807, 2.05) is 30.1 Å². The van der Waals surface area contributed by atoms with E-state index in [-0.39, 0.29) is 11.3 Å². The molecule has 0 unspecified atom stereocenters. The summed E-state index contributed by atoms with van der Waals surface area (Å²) in [6.07, 6.45) is 2.39. The summed E-state index contributed by atoms with van der Waals surface area (Å²) in [6, 6.07) is 5.74. The zero-order valence-corrected chi connectivity index (χ0v) is 8.79. The smallest absolute Gasteiger partial charge is 0.254 e. The summed E-state index contributed by atoms with van der Waals surface area (Å²) in [7, 11) is 1.87. The van der Waals surface area contributed by atoms with Crippen molar-refractivity contribution < 1.29 is 4.79 Å². The number of anilines is 1. The average molecular weight is 202 g/mol. The molecule has 1 aliphatic heterocycles. The molecule has 1 saturated carbocycles. The molecule has 3 nitrogen and oxygen atoms in total. The molecule has 1 aromatic carbocycles. The first-order valence-electron chi connectivity index (χ1n) is 5.28. The van der Waals surface area contributed by atoms with Gasteiger partial charge in [-0.25, -0.2) is 0 Å². The maximum Gasteiger partial charge on any atom is 0.254 e. The molecule has 0 saturated heterocycles. The Morgan fingerprint density at radius 3 is 2.80 bits per heavy atom. The fourth-order valence-electron chi connectivity index (χ4n) is 2.60. The van der Waals surface area contributed by atoms with E-state index in [2.05, 4.69) is 0 Å². The van der Waals surface area contributed by atoms with Gasteiger partial charge in [0.15, 0.2) is 0 Å². The van der Waals surface area contributed by atoms with E-state index in [9.17, 15) is 4.79 Å². The molecule has 15 heavy (non-hydrogen) atoms. The predicted octanol–water partition coefficient (Wildman–Crippen LogP) is 1.39. The molecule has 0 aromatic heterocycles. The fraction of sp³-hybridized carbons (Fsp3) is 0.417. The third-order valence-corrected chi connectivity index (χ3v) is 3.59. The standard InChI is InChI=1S/C12H14N2O/c1-14-7-12(4-5-12)10-3-2-8(13)6-9(10)11(14)15/h2-3,6H,4-5,7,13H2,1H3. The van der Waals surface area contributed by atoms with Gasteiger partial charge in [-0.15, -0.1) is 0 Å². The second kappa shape index (κ2) is 2.54. The van der Waals surface area contributed by atoms with E-state index in [0.717, 1.165) is 12.1 Å². The number of likely N-dealkylation sites (N-methyl/N-ethyl adjacent to an activating group) is 1. The lowest BCUT2D eigenvalue weighted by atomic mass is 9.86. The van der Waals surface area contributed by atoms with Crippen LogP contribution in [0.5, 0.6) is 0 Å². The van der Waals surface area contributed by atoms with Gasteiger partial charge in [-0.2, -0.15) is 0 Å². The van der Waals surface area contributed by atoms with E-state index >= 15 is 0 Å². The number of nitrogens with two attached hydrogens (primary N) is 1. The second-order valence-corrected chi connectivity index (χ2v) is 4.75. The summed E-state index contributed by atoms with van der Waals surface area (Å²) in [5.41, 5.74) is 8.67. The van der Waals surface area contributed by atoms with Crippen molar-refractivity contribution in [3.05, 3.63) is 29.3 Å². The van der Waals surface area contributed by atoms with Gasteiger partial charge in [0.1, 0.15) is 0 Å². The van der Waals surface area contributed by atoms with Crippen LogP contribution in [0.3, 0.4) is 0 Å². The van der Waals surface area contributed by atoms with E-state index in [1.54, 1.807) is 0 Å². The molecule has 3 rings (SSSR count). The number of hydrogen-bond acceptors (Lipinski definition) is 2. The van der Waals surface area contributed by atoms with Crippen molar-refractivity contribution in [1.82, 2.24) is 4.90 Å². The highest BCUT2D eigenvalue weighted by atomic mass is 16.2. The number of nitrogens with zero attached hydrogens (tertiary/aromatic N) is 1. The topological polar surface area (TPSA) is 46.3 Å². The Morgan fingerprint density at radius 1 is 1.40 bits per heavy atom. The second-order valence-electron chi connectivity index (χ2n) is 4.75. The molecule has 1 heterocycles. The minimum atomic E-state index is 0.106. The van der Waals surface area contributed by atoms with Gasteiger partial charge in [-0.1, -0.05) is 6.07 Å². The largest absolute Gasteiger partial charge is 0.399 e. The van der Waals surface area contributed by atoms with E-state index in [1.165, 1.54) is 18.4 Å². The highest BCUT2D eigenvalue weighted by molar-refractivity contribution is 5.98. The van der Waals surface area contributed by atoms with Crippen LogP contribution in [-0.4, -0.2) is 24.4 Å². The van der Waals surface area contributed by atoms with Gasteiger partial charge in [-0.3, -0.25) is 4.79 Å². The van der Waals surface area contributed by atoms with Gasteiger partial charge in [0.25, 0.3) is 5.91 Å². The Hall–Kier alpha value is -1.51. The molecule has 1 fully saturated rings.